The molecule has 1 atom stereocenters. The molecule has 3 fully saturated rings. The van der Waals surface area contributed by atoms with Crippen LogP contribution in [0.2, 0.25) is 0 Å². The first-order valence-corrected chi connectivity index (χ1v) is 11.7. The van der Waals surface area contributed by atoms with Crippen LogP contribution in [0.25, 0.3) is 0 Å². The van der Waals surface area contributed by atoms with E-state index in [-0.39, 0.29) is 17.7 Å². The van der Waals surface area contributed by atoms with E-state index in [4.69, 9.17) is 4.74 Å². The third kappa shape index (κ3) is 4.00. The number of benzene rings is 1. The smallest absolute Gasteiger partial charge is 0.253 e. The van der Waals surface area contributed by atoms with Gasteiger partial charge in [0.2, 0.25) is 5.91 Å². The van der Waals surface area contributed by atoms with Crippen LogP contribution in [0.1, 0.15) is 53.6 Å². The second kappa shape index (κ2) is 8.67. The quantitative estimate of drug-likeness (QED) is 0.766. The molecule has 0 radical (unpaired) electrons. The minimum atomic E-state index is 0.0231. The van der Waals surface area contributed by atoms with Gasteiger partial charge in [-0.15, -0.1) is 0 Å². The van der Waals surface area contributed by atoms with Crippen molar-refractivity contribution in [2.75, 3.05) is 45.9 Å². The summed E-state index contributed by atoms with van der Waals surface area (Å²) >= 11 is 0. The van der Waals surface area contributed by atoms with Crippen molar-refractivity contribution in [1.82, 2.24) is 14.7 Å². The van der Waals surface area contributed by atoms with Crippen molar-refractivity contribution >= 4 is 11.8 Å². The fraction of sp³-hybridized carbons (Fsp3) is 0.667. The van der Waals surface area contributed by atoms with Gasteiger partial charge in [-0.3, -0.25) is 14.5 Å². The second-order valence-corrected chi connectivity index (χ2v) is 9.32. The van der Waals surface area contributed by atoms with Gasteiger partial charge in [0.15, 0.2) is 0 Å². The van der Waals surface area contributed by atoms with Gasteiger partial charge in [0, 0.05) is 57.5 Å². The summed E-state index contributed by atoms with van der Waals surface area (Å²) in [6.07, 6.45) is 6.73. The number of carbonyl (C=O) groups is 2. The van der Waals surface area contributed by atoms with Gasteiger partial charge in [-0.05, 0) is 55.4 Å². The van der Waals surface area contributed by atoms with Crippen LogP contribution in [-0.4, -0.2) is 78.5 Å². The molecule has 5 rings (SSSR count). The molecule has 3 aliphatic heterocycles. The molecule has 6 nitrogen and oxygen atoms in total. The second-order valence-electron chi connectivity index (χ2n) is 9.32. The van der Waals surface area contributed by atoms with Crippen molar-refractivity contribution in [3.05, 3.63) is 34.9 Å². The summed E-state index contributed by atoms with van der Waals surface area (Å²) < 4.78 is 5.38. The lowest BCUT2D eigenvalue weighted by Gasteiger charge is -2.36. The summed E-state index contributed by atoms with van der Waals surface area (Å²) in [5.41, 5.74) is 3.20. The predicted octanol–water partition coefficient (Wildman–Crippen LogP) is 2.31. The van der Waals surface area contributed by atoms with Crippen molar-refractivity contribution in [2.45, 2.75) is 51.1 Å². The monoisotopic (exact) mass is 411 g/mol. The van der Waals surface area contributed by atoms with Crippen LogP contribution in [0.15, 0.2) is 18.2 Å². The number of amides is 2. The molecule has 2 amide bonds. The zero-order chi connectivity index (χ0) is 20.5. The maximum atomic E-state index is 13.2. The number of hydrogen-bond acceptors (Lipinski definition) is 4. The lowest BCUT2D eigenvalue weighted by Crippen LogP contribution is -2.42. The van der Waals surface area contributed by atoms with Crippen LogP contribution in [0.4, 0.5) is 0 Å². The average Bonchev–Trinajstić information content (AvgIpc) is 3.17. The molecule has 1 aromatic rings. The van der Waals surface area contributed by atoms with Crippen LogP contribution in [0.3, 0.4) is 0 Å². The number of hydrogen-bond donors (Lipinski definition) is 0. The highest BCUT2D eigenvalue weighted by Gasteiger charge is 2.31. The van der Waals surface area contributed by atoms with Crippen molar-refractivity contribution in [3.63, 3.8) is 0 Å². The van der Waals surface area contributed by atoms with Gasteiger partial charge >= 0.3 is 0 Å². The first-order valence-electron chi connectivity index (χ1n) is 11.7. The molecular formula is C24H33N3O3. The van der Waals surface area contributed by atoms with Gasteiger partial charge in [-0.2, -0.15) is 0 Å². The van der Waals surface area contributed by atoms with E-state index in [1.54, 1.807) is 0 Å². The SMILES string of the molecule is O=C(c1ccc2c(c1)CCN(C(=O)C1CCOC1)C2)N1CCCN(C2CCC2)CC1. The molecule has 0 aromatic heterocycles. The standard InChI is InChI=1S/C24H33N3O3/c28-23(26-10-2-9-25(12-13-26)22-3-1-4-22)19-5-6-20-16-27(11-7-18(20)15-19)24(29)21-8-14-30-17-21/h5-6,15,21-22H,1-4,7-14,16-17H2. The van der Waals surface area contributed by atoms with E-state index >= 15 is 0 Å². The summed E-state index contributed by atoms with van der Waals surface area (Å²) in [6.45, 7) is 6.45. The Bertz CT molecular complexity index is 801. The fourth-order valence-corrected chi connectivity index (χ4v) is 5.30. The summed E-state index contributed by atoms with van der Waals surface area (Å²) in [4.78, 5) is 32.5. The Labute approximate surface area is 179 Å². The molecule has 162 valence electrons. The van der Waals surface area contributed by atoms with E-state index in [9.17, 15) is 9.59 Å². The van der Waals surface area contributed by atoms with Gasteiger partial charge in [0.05, 0.1) is 12.5 Å². The van der Waals surface area contributed by atoms with Crippen molar-refractivity contribution in [3.8, 4) is 0 Å². The van der Waals surface area contributed by atoms with Crippen molar-refractivity contribution < 1.29 is 14.3 Å². The Morgan fingerprint density at radius 2 is 1.80 bits per heavy atom. The summed E-state index contributed by atoms with van der Waals surface area (Å²) in [5, 5.41) is 0. The molecule has 4 aliphatic rings. The summed E-state index contributed by atoms with van der Waals surface area (Å²) in [5.74, 6) is 0.406. The summed E-state index contributed by atoms with van der Waals surface area (Å²) in [7, 11) is 0. The molecule has 0 N–H and O–H groups in total. The lowest BCUT2D eigenvalue weighted by atomic mass is 9.91. The van der Waals surface area contributed by atoms with E-state index in [0.717, 1.165) is 63.6 Å². The third-order valence-corrected chi connectivity index (χ3v) is 7.46. The van der Waals surface area contributed by atoms with Crippen LogP contribution in [-0.2, 0) is 22.5 Å². The van der Waals surface area contributed by atoms with Crippen LogP contribution >= 0.6 is 0 Å². The van der Waals surface area contributed by atoms with Gasteiger partial charge in [-0.25, -0.2) is 0 Å². The van der Waals surface area contributed by atoms with Gasteiger partial charge < -0.3 is 14.5 Å². The molecule has 2 saturated heterocycles. The highest BCUT2D eigenvalue weighted by molar-refractivity contribution is 5.94. The first kappa shape index (κ1) is 20.0. The lowest BCUT2D eigenvalue weighted by molar-refractivity contribution is -0.136. The first-order chi connectivity index (χ1) is 14.7. The average molecular weight is 412 g/mol. The number of carbonyl (C=O) groups excluding carboxylic acids is 2. The zero-order valence-electron chi connectivity index (χ0n) is 17.9. The predicted molar refractivity (Wildman–Crippen MR) is 114 cm³/mol. The zero-order valence-corrected chi connectivity index (χ0v) is 17.9. The number of nitrogens with zero attached hydrogens (tertiary/aromatic N) is 3. The fourth-order valence-electron chi connectivity index (χ4n) is 5.30. The molecule has 0 bridgehead atoms. The molecular weight excluding hydrogens is 378 g/mol. The molecule has 1 aliphatic carbocycles. The molecule has 1 saturated carbocycles. The Kier molecular flexibility index (Phi) is 5.79. The summed E-state index contributed by atoms with van der Waals surface area (Å²) in [6, 6.07) is 6.85. The third-order valence-electron chi connectivity index (χ3n) is 7.46. The molecule has 1 unspecified atom stereocenters. The minimum Gasteiger partial charge on any atom is -0.381 e. The van der Waals surface area contributed by atoms with Gasteiger partial charge in [-0.1, -0.05) is 12.5 Å². The van der Waals surface area contributed by atoms with E-state index in [1.165, 1.54) is 30.4 Å². The van der Waals surface area contributed by atoms with E-state index < -0.39 is 0 Å². The highest BCUT2D eigenvalue weighted by Crippen LogP contribution is 2.27. The molecule has 30 heavy (non-hydrogen) atoms. The molecule has 3 heterocycles. The van der Waals surface area contributed by atoms with Crippen LogP contribution < -0.4 is 0 Å². The molecule has 6 heteroatoms. The van der Waals surface area contributed by atoms with Gasteiger partial charge in [0.25, 0.3) is 5.91 Å². The normalized spacial score (nSPS) is 25.5. The topological polar surface area (TPSA) is 53.1 Å². The van der Waals surface area contributed by atoms with E-state index in [0.29, 0.717) is 19.8 Å². The number of ether oxygens (including phenoxy) is 1. The molecule has 1 aromatic carbocycles. The van der Waals surface area contributed by atoms with E-state index in [1.807, 2.05) is 15.9 Å². The Balaban J connectivity index is 1.22. The Morgan fingerprint density at radius 3 is 2.57 bits per heavy atom. The highest BCUT2D eigenvalue weighted by atomic mass is 16.5. The van der Waals surface area contributed by atoms with Gasteiger partial charge in [0.1, 0.15) is 0 Å². The van der Waals surface area contributed by atoms with E-state index in [2.05, 4.69) is 17.0 Å². The Morgan fingerprint density at radius 1 is 0.900 bits per heavy atom. The maximum Gasteiger partial charge on any atom is 0.253 e. The van der Waals surface area contributed by atoms with Crippen LogP contribution in [0.5, 0.6) is 0 Å². The van der Waals surface area contributed by atoms with Crippen LogP contribution in [0, 0.1) is 5.92 Å². The number of rotatable bonds is 3. The van der Waals surface area contributed by atoms with Crippen molar-refractivity contribution in [2.24, 2.45) is 5.92 Å². The minimum absolute atomic E-state index is 0.0231. The largest absolute Gasteiger partial charge is 0.381 e. The molecule has 0 spiro atoms. The number of fused-ring (bicyclic) bond motifs is 1. The van der Waals surface area contributed by atoms with Crippen molar-refractivity contribution in [1.29, 1.82) is 0 Å². The maximum absolute atomic E-state index is 13.2. The Hall–Kier alpha value is -1.92.